The van der Waals surface area contributed by atoms with Gasteiger partial charge < -0.3 is 14.8 Å². The predicted octanol–water partition coefficient (Wildman–Crippen LogP) is 1.23. The van der Waals surface area contributed by atoms with Crippen molar-refractivity contribution in [1.82, 2.24) is 9.97 Å². The minimum Gasteiger partial charge on any atom is -0.461 e. The van der Waals surface area contributed by atoms with Crippen molar-refractivity contribution < 1.29 is 14.6 Å². The minimum atomic E-state index is -0.450. The number of H-pyrrole nitrogens is 1. The normalized spacial score (nSPS) is 10.6. The van der Waals surface area contributed by atoms with E-state index >= 15 is 0 Å². The van der Waals surface area contributed by atoms with Crippen LogP contribution >= 0.6 is 0 Å². The van der Waals surface area contributed by atoms with Crippen LogP contribution in [0.5, 0.6) is 0 Å². The van der Waals surface area contributed by atoms with Gasteiger partial charge in [0.1, 0.15) is 5.69 Å². The molecule has 0 spiro atoms. The van der Waals surface area contributed by atoms with E-state index in [1.54, 1.807) is 25.4 Å². The number of aromatic amines is 1. The number of aromatic nitrogens is 2. The van der Waals surface area contributed by atoms with Crippen molar-refractivity contribution in [2.45, 2.75) is 13.5 Å². The highest BCUT2D eigenvalue weighted by atomic mass is 16.5. The number of aliphatic hydroxyl groups excluding tert-OH is 1. The van der Waals surface area contributed by atoms with Crippen LogP contribution in [-0.4, -0.2) is 27.7 Å². The lowest BCUT2D eigenvalue weighted by Crippen LogP contribution is -2.06. The van der Waals surface area contributed by atoms with Crippen LogP contribution in [0.25, 0.3) is 10.9 Å². The first-order valence-corrected chi connectivity index (χ1v) is 5.00. The van der Waals surface area contributed by atoms with Gasteiger partial charge in [0.2, 0.25) is 0 Å². The molecule has 0 aliphatic heterocycles. The van der Waals surface area contributed by atoms with Gasteiger partial charge in [-0.1, -0.05) is 0 Å². The molecule has 2 heterocycles. The van der Waals surface area contributed by atoms with Crippen LogP contribution in [-0.2, 0) is 11.3 Å². The Morgan fingerprint density at radius 1 is 1.62 bits per heavy atom. The second kappa shape index (κ2) is 4.32. The maximum atomic E-state index is 11.5. The summed E-state index contributed by atoms with van der Waals surface area (Å²) in [6.07, 6.45) is 3.25. The zero-order chi connectivity index (χ0) is 11.5. The zero-order valence-corrected chi connectivity index (χ0v) is 8.86. The average molecular weight is 220 g/mol. The van der Waals surface area contributed by atoms with Gasteiger partial charge in [-0.2, -0.15) is 0 Å². The van der Waals surface area contributed by atoms with Crippen LogP contribution in [0.3, 0.4) is 0 Å². The topological polar surface area (TPSA) is 75.2 Å². The smallest absolute Gasteiger partial charge is 0.356 e. The summed E-state index contributed by atoms with van der Waals surface area (Å²) < 4.78 is 4.85. The molecule has 2 aromatic rings. The molecule has 84 valence electrons. The molecule has 16 heavy (non-hydrogen) atoms. The number of esters is 1. The number of ether oxygens (including phenoxy) is 1. The standard InChI is InChI=1S/C11H12N2O3/c1-2-16-11(15)9-3-8-7(6-14)4-12-10(8)5-13-9/h3-5,12,14H,2,6H2,1H3. The summed E-state index contributed by atoms with van der Waals surface area (Å²) in [7, 11) is 0. The molecular formula is C11H12N2O3. The van der Waals surface area contributed by atoms with Crippen molar-refractivity contribution in [2.24, 2.45) is 0 Å². The van der Waals surface area contributed by atoms with Crippen LogP contribution in [0, 0.1) is 0 Å². The number of rotatable bonds is 3. The fourth-order valence-electron chi connectivity index (χ4n) is 1.53. The summed E-state index contributed by atoms with van der Waals surface area (Å²) >= 11 is 0. The first kappa shape index (κ1) is 10.6. The van der Waals surface area contributed by atoms with Crippen LogP contribution in [0.4, 0.5) is 0 Å². The molecule has 5 heteroatoms. The van der Waals surface area contributed by atoms with Gasteiger partial charge in [0.05, 0.1) is 24.9 Å². The highest BCUT2D eigenvalue weighted by Crippen LogP contribution is 2.18. The van der Waals surface area contributed by atoms with Gasteiger partial charge in [0, 0.05) is 17.1 Å². The Hall–Kier alpha value is -1.88. The summed E-state index contributed by atoms with van der Waals surface area (Å²) in [4.78, 5) is 18.4. The third-order valence-corrected chi connectivity index (χ3v) is 2.31. The number of fused-ring (bicyclic) bond motifs is 1. The fraction of sp³-hybridized carbons (Fsp3) is 0.273. The average Bonchev–Trinajstić information content (AvgIpc) is 2.71. The van der Waals surface area contributed by atoms with Crippen LogP contribution < -0.4 is 0 Å². The molecule has 0 aliphatic rings. The quantitative estimate of drug-likeness (QED) is 0.763. The van der Waals surface area contributed by atoms with Crippen molar-refractivity contribution in [3.05, 3.63) is 29.7 Å². The predicted molar refractivity (Wildman–Crippen MR) is 58.0 cm³/mol. The number of hydrogen-bond donors (Lipinski definition) is 2. The monoisotopic (exact) mass is 220 g/mol. The van der Waals surface area contributed by atoms with Crippen molar-refractivity contribution in [3.63, 3.8) is 0 Å². The van der Waals surface area contributed by atoms with Gasteiger partial charge in [-0.05, 0) is 13.0 Å². The lowest BCUT2D eigenvalue weighted by atomic mass is 10.2. The first-order valence-electron chi connectivity index (χ1n) is 5.00. The van der Waals surface area contributed by atoms with Crippen LogP contribution in [0.2, 0.25) is 0 Å². The Bertz CT molecular complexity index is 519. The van der Waals surface area contributed by atoms with E-state index in [9.17, 15) is 4.79 Å². The Morgan fingerprint density at radius 2 is 2.44 bits per heavy atom. The lowest BCUT2D eigenvalue weighted by molar-refractivity contribution is 0.0519. The Balaban J connectivity index is 2.45. The molecule has 2 rings (SSSR count). The molecule has 0 bridgehead atoms. The molecule has 0 saturated carbocycles. The van der Waals surface area contributed by atoms with E-state index < -0.39 is 5.97 Å². The fourth-order valence-corrected chi connectivity index (χ4v) is 1.53. The van der Waals surface area contributed by atoms with E-state index in [0.29, 0.717) is 6.61 Å². The van der Waals surface area contributed by atoms with Gasteiger partial charge in [-0.3, -0.25) is 0 Å². The molecule has 0 aliphatic carbocycles. The van der Waals surface area contributed by atoms with Gasteiger partial charge >= 0.3 is 5.97 Å². The number of aliphatic hydroxyl groups is 1. The highest BCUT2D eigenvalue weighted by Gasteiger charge is 2.11. The Labute approximate surface area is 92.1 Å². The van der Waals surface area contributed by atoms with E-state index in [1.165, 1.54) is 0 Å². The molecule has 0 radical (unpaired) electrons. The first-order chi connectivity index (χ1) is 7.76. The van der Waals surface area contributed by atoms with Gasteiger partial charge in [0.15, 0.2) is 0 Å². The van der Waals surface area contributed by atoms with Gasteiger partial charge in [-0.15, -0.1) is 0 Å². The second-order valence-electron chi connectivity index (χ2n) is 3.31. The molecule has 2 N–H and O–H groups in total. The molecule has 0 saturated heterocycles. The number of hydrogen-bond acceptors (Lipinski definition) is 4. The Morgan fingerprint density at radius 3 is 3.12 bits per heavy atom. The Kier molecular flexibility index (Phi) is 2.87. The molecule has 0 amide bonds. The number of nitrogens with zero attached hydrogens (tertiary/aromatic N) is 1. The van der Waals surface area contributed by atoms with E-state index in [2.05, 4.69) is 9.97 Å². The van der Waals surface area contributed by atoms with Crippen molar-refractivity contribution in [2.75, 3.05) is 6.61 Å². The van der Waals surface area contributed by atoms with Crippen molar-refractivity contribution in [3.8, 4) is 0 Å². The third-order valence-electron chi connectivity index (χ3n) is 2.31. The molecule has 0 unspecified atom stereocenters. The highest BCUT2D eigenvalue weighted by molar-refractivity contribution is 5.93. The minimum absolute atomic E-state index is 0.0771. The zero-order valence-electron chi connectivity index (χ0n) is 8.86. The van der Waals surface area contributed by atoms with Crippen molar-refractivity contribution in [1.29, 1.82) is 0 Å². The van der Waals surface area contributed by atoms with E-state index in [0.717, 1.165) is 16.5 Å². The molecule has 0 atom stereocenters. The molecule has 0 aromatic carbocycles. The van der Waals surface area contributed by atoms with Crippen molar-refractivity contribution >= 4 is 16.9 Å². The van der Waals surface area contributed by atoms with Crippen LogP contribution in [0.15, 0.2) is 18.5 Å². The summed E-state index contributed by atoms with van der Waals surface area (Å²) in [5, 5.41) is 9.89. The van der Waals surface area contributed by atoms with Gasteiger partial charge in [0.25, 0.3) is 0 Å². The molecule has 2 aromatic heterocycles. The second-order valence-corrected chi connectivity index (χ2v) is 3.31. The largest absolute Gasteiger partial charge is 0.461 e. The summed E-state index contributed by atoms with van der Waals surface area (Å²) in [5.41, 5.74) is 1.78. The van der Waals surface area contributed by atoms with Crippen LogP contribution in [0.1, 0.15) is 23.0 Å². The molecular weight excluding hydrogens is 208 g/mol. The maximum absolute atomic E-state index is 11.5. The summed E-state index contributed by atoms with van der Waals surface area (Å²) in [6.45, 7) is 1.98. The molecule has 5 nitrogen and oxygen atoms in total. The molecule has 0 fully saturated rings. The van der Waals surface area contributed by atoms with Gasteiger partial charge in [-0.25, -0.2) is 9.78 Å². The number of carbonyl (C=O) groups excluding carboxylic acids is 1. The SMILES string of the molecule is CCOC(=O)c1cc2c(CO)c[nH]c2cn1. The van der Waals surface area contributed by atoms with E-state index in [4.69, 9.17) is 9.84 Å². The maximum Gasteiger partial charge on any atom is 0.356 e. The van der Waals surface area contributed by atoms with E-state index in [-0.39, 0.29) is 12.3 Å². The number of nitrogens with one attached hydrogen (secondary N) is 1. The number of carbonyl (C=O) groups is 1. The number of pyridine rings is 1. The third kappa shape index (κ3) is 1.77. The summed E-state index contributed by atoms with van der Waals surface area (Å²) in [5.74, 6) is -0.450. The van der Waals surface area contributed by atoms with E-state index in [1.807, 2.05) is 0 Å². The summed E-state index contributed by atoms with van der Waals surface area (Å²) in [6, 6.07) is 1.62. The lowest BCUT2D eigenvalue weighted by Gasteiger charge is -2.01.